The molecule has 1 aliphatic carbocycles. The highest BCUT2D eigenvalue weighted by Gasteiger charge is 2.38. The van der Waals surface area contributed by atoms with Crippen LogP contribution in [0.3, 0.4) is 0 Å². The standard InChI is InChI=1S/C15H27F2N3O3S/c1-15(18)7-3-2-4-12(15)13(21)19-10-11-5-8-20(9-6-11)24(22,23)14(16)17/h11-12,14H,2-10,18H2,1H3,(H,19,21). The van der Waals surface area contributed by atoms with Gasteiger partial charge in [0.1, 0.15) is 0 Å². The zero-order valence-electron chi connectivity index (χ0n) is 14.0. The fourth-order valence-electron chi connectivity index (χ4n) is 3.64. The van der Waals surface area contributed by atoms with E-state index in [-0.39, 0.29) is 30.8 Å². The lowest BCUT2D eigenvalue weighted by Crippen LogP contribution is -2.53. The van der Waals surface area contributed by atoms with Crippen molar-refractivity contribution in [3.05, 3.63) is 0 Å². The molecule has 2 atom stereocenters. The zero-order valence-corrected chi connectivity index (χ0v) is 14.8. The predicted molar refractivity (Wildman–Crippen MR) is 86.8 cm³/mol. The van der Waals surface area contributed by atoms with Crippen LogP contribution in [0, 0.1) is 11.8 Å². The second-order valence-corrected chi connectivity index (χ2v) is 9.10. The molecule has 2 unspecified atom stereocenters. The van der Waals surface area contributed by atoms with E-state index in [4.69, 9.17) is 5.73 Å². The van der Waals surface area contributed by atoms with Crippen molar-refractivity contribution in [2.75, 3.05) is 19.6 Å². The van der Waals surface area contributed by atoms with Gasteiger partial charge in [0.25, 0.3) is 10.0 Å². The van der Waals surface area contributed by atoms with Crippen LogP contribution < -0.4 is 11.1 Å². The van der Waals surface area contributed by atoms with Crippen LogP contribution in [0.2, 0.25) is 0 Å². The Kier molecular flexibility index (Phi) is 6.19. The molecule has 0 aromatic rings. The smallest absolute Gasteiger partial charge is 0.350 e. The van der Waals surface area contributed by atoms with Crippen molar-refractivity contribution in [1.29, 1.82) is 0 Å². The number of carbonyl (C=O) groups is 1. The monoisotopic (exact) mass is 367 g/mol. The Morgan fingerprint density at radius 3 is 2.46 bits per heavy atom. The van der Waals surface area contributed by atoms with E-state index in [1.54, 1.807) is 0 Å². The zero-order chi connectivity index (χ0) is 18.0. The van der Waals surface area contributed by atoms with Crippen molar-refractivity contribution in [3.63, 3.8) is 0 Å². The number of rotatable bonds is 5. The third-order valence-corrected chi connectivity index (χ3v) is 6.83. The van der Waals surface area contributed by atoms with Crippen LogP contribution in [0.15, 0.2) is 0 Å². The number of halogens is 2. The number of carbonyl (C=O) groups excluding carboxylic acids is 1. The second-order valence-electron chi connectivity index (χ2n) is 7.20. The molecule has 9 heteroatoms. The minimum absolute atomic E-state index is 0.0534. The first-order valence-electron chi connectivity index (χ1n) is 8.48. The number of piperidine rings is 1. The predicted octanol–water partition coefficient (Wildman–Crippen LogP) is 1.27. The highest BCUT2D eigenvalue weighted by atomic mass is 32.2. The van der Waals surface area contributed by atoms with Crippen LogP contribution >= 0.6 is 0 Å². The topological polar surface area (TPSA) is 92.5 Å². The molecule has 0 aromatic heterocycles. The molecular formula is C15H27F2N3O3S. The number of nitrogens with one attached hydrogen (secondary N) is 1. The molecule has 1 saturated heterocycles. The molecule has 0 radical (unpaired) electrons. The fraction of sp³-hybridized carbons (Fsp3) is 0.933. The Bertz CT molecular complexity index is 546. The number of alkyl halides is 2. The van der Waals surface area contributed by atoms with Gasteiger partial charge in [0.2, 0.25) is 5.91 Å². The van der Waals surface area contributed by atoms with E-state index in [1.807, 2.05) is 6.92 Å². The first-order valence-corrected chi connectivity index (χ1v) is 9.98. The SMILES string of the molecule is CC1(N)CCCCC1C(=O)NCC1CCN(S(=O)(=O)C(F)F)CC1. The number of sulfonamides is 1. The molecule has 2 rings (SSSR count). The highest BCUT2D eigenvalue weighted by molar-refractivity contribution is 7.89. The molecule has 3 N–H and O–H groups in total. The number of amides is 1. The Hall–Kier alpha value is -0.800. The third-order valence-electron chi connectivity index (χ3n) is 5.29. The molecule has 0 bridgehead atoms. The van der Waals surface area contributed by atoms with Gasteiger partial charge in [0, 0.05) is 25.2 Å². The Morgan fingerprint density at radius 1 is 1.29 bits per heavy atom. The quantitative estimate of drug-likeness (QED) is 0.765. The van der Waals surface area contributed by atoms with Gasteiger partial charge in [-0.25, -0.2) is 8.42 Å². The van der Waals surface area contributed by atoms with Crippen molar-refractivity contribution in [2.24, 2.45) is 17.6 Å². The Balaban J connectivity index is 1.79. The van der Waals surface area contributed by atoms with Crippen molar-refractivity contribution < 1.29 is 22.0 Å². The molecule has 2 aliphatic rings. The molecule has 140 valence electrons. The minimum Gasteiger partial charge on any atom is -0.356 e. The van der Waals surface area contributed by atoms with Crippen LogP contribution in [0.1, 0.15) is 45.4 Å². The summed E-state index contributed by atoms with van der Waals surface area (Å²) < 4.78 is 48.8. The normalized spacial score (nSPS) is 30.5. The van der Waals surface area contributed by atoms with Gasteiger partial charge in [-0.05, 0) is 38.5 Å². The Morgan fingerprint density at radius 2 is 1.92 bits per heavy atom. The van der Waals surface area contributed by atoms with E-state index in [2.05, 4.69) is 5.32 Å². The summed E-state index contributed by atoms with van der Waals surface area (Å²) >= 11 is 0. The highest BCUT2D eigenvalue weighted by Crippen LogP contribution is 2.31. The van der Waals surface area contributed by atoms with Crippen molar-refractivity contribution in [1.82, 2.24) is 9.62 Å². The van der Waals surface area contributed by atoms with E-state index in [1.165, 1.54) is 0 Å². The maximum absolute atomic E-state index is 12.5. The summed E-state index contributed by atoms with van der Waals surface area (Å²) in [5.41, 5.74) is 5.73. The number of hydrogen-bond donors (Lipinski definition) is 2. The maximum atomic E-state index is 12.5. The molecule has 24 heavy (non-hydrogen) atoms. The molecule has 1 aliphatic heterocycles. The average molecular weight is 367 g/mol. The molecule has 6 nitrogen and oxygen atoms in total. The van der Waals surface area contributed by atoms with Gasteiger partial charge in [0.15, 0.2) is 0 Å². The summed E-state index contributed by atoms with van der Waals surface area (Å²) in [6.45, 7) is 2.49. The van der Waals surface area contributed by atoms with Gasteiger partial charge in [-0.2, -0.15) is 13.1 Å². The molecule has 0 aromatic carbocycles. The first kappa shape index (κ1) is 19.5. The van der Waals surface area contributed by atoms with Crippen LogP contribution in [0.25, 0.3) is 0 Å². The summed E-state index contributed by atoms with van der Waals surface area (Å²) in [4.78, 5) is 12.4. The summed E-state index contributed by atoms with van der Waals surface area (Å²) in [6, 6.07) is 0. The van der Waals surface area contributed by atoms with Crippen molar-refractivity contribution in [2.45, 2.75) is 56.7 Å². The lowest BCUT2D eigenvalue weighted by molar-refractivity contribution is -0.128. The molecule has 1 heterocycles. The van der Waals surface area contributed by atoms with E-state index in [0.717, 1.165) is 30.0 Å². The molecular weight excluding hydrogens is 340 g/mol. The molecule has 1 saturated carbocycles. The second kappa shape index (κ2) is 7.61. The minimum atomic E-state index is -4.49. The summed E-state index contributed by atoms with van der Waals surface area (Å²) in [6.07, 6.45) is 4.58. The first-order chi connectivity index (χ1) is 11.1. The van der Waals surface area contributed by atoms with Crippen LogP contribution in [-0.4, -0.2) is 49.6 Å². The van der Waals surface area contributed by atoms with E-state index in [0.29, 0.717) is 19.4 Å². The van der Waals surface area contributed by atoms with E-state index < -0.39 is 21.3 Å². The maximum Gasteiger partial charge on any atom is 0.350 e. The molecule has 2 fully saturated rings. The number of hydrogen-bond acceptors (Lipinski definition) is 4. The van der Waals surface area contributed by atoms with Gasteiger partial charge in [-0.1, -0.05) is 12.8 Å². The summed E-state index contributed by atoms with van der Waals surface area (Å²) in [7, 11) is -4.49. The lowest BCUT2D eigenvalue weighted by Gasteiger charge is -2.37. The number of nitrogens with zero attached hydrogens (tertiary/aromatic N) is 1. The summed E-state index contributed by atoms with van der Waals surface area (Å²) in [5, 5.41) is 2.92. The van der Waals surface area contributed by atoms with Gasteiger partial charge < -0.3 is 11.1 Å². The van der Waals surface area contributed by atoms with Gasteiger partial charge in [0.05, 0.1) is 5.92 Å². The fourth-order valence-corrected chi connectivity index (χ4v) is 4.58. The van der Waals surface area contributed by atoms with E-state index >= 15 is 0 Å². The molecule has 1 amide bonds. The lowest BCUT2D eigenvalue weighted by atomic mass is 9.74. The van der Waals surface area contributed by atoms with Crippen molar-refractivity contribution in [3.8, 4) is 0 Å². The Labute approximate surface area is 142 Å². The van der Waals surface area contributed by atoms with E-state index in [9.17, 15) is 22.0 Å². The van der Waals surface area contributed by atoms with Gasteiger partial charge in [-0.3, -0.25) is 4.79 Å². The average Bonchev–Trinajstić information content (AvgIpc) is 2.52. The third kappa shape index (κ3) is 4.43. The van der Waals surface area contributed by atoms with Crippen LogP contribution in [0.4, 0.5) is 8.78 Å². The van der Waals surface area contributed by atoms with Crippen molar-refractivity contribution >= 4 is 15.9 Å². The van der Waals surface area contributed by atoms with Gasteiger partial charge >= 0.3 is 5.76 Å². The van der Waals surface area contributed by atoms with Gasteiger partial charge in [-0.15, -0.1) is 0 Å². The molecule has 0 spiro atoms. The summed E-state index contributed by atoms with van der Waals surface area (Å²) in [5.74, 6) is -3.53. The largest absolute Gasteiger partial charge is 0.356 e. The van der Waals surface area contributed by atoms with Crippen LogP contribution in [0.5, 0.6) is 0 Å². The number of nitrogens with two attached hydrogens (primary N) is 1. The van der Waals surface area contributed by atoms with Crippen LogP contribution in [-0.2, 0) is 14.8 Å².